The van der Waals surface area contributed by atoms with E-state index in [0.717, 1.165) is 11.1 Å². The molecule has 0 saturated carbocycles. The number of aliphatic carboxylic acids is 1. The van der Waals surface area contributed by atoms with Crippen LogP contribution in [0.25, 0.3) is 0 Å². The van der Waals surface area contributed by atoms with Crippen LogP contribution >= 0.6 is 0 Å². The average Bonchev–Trinajstić information content (AvgIpc) is 2.28. The Kier molecular flexibility index (Phi) is 4.66. The van der Waals surface area contributed by atoms with Crippen molar-refractivity contribution < 1.29 is 15.0 Å². The van der Waals surface area contributed by atoms with Gasteiger partial charge in [-0.2, -0.15) is 0 Å². The highest BCUT2D eigenvalue weighted by Gasteiger charge is 2.23. The second kappa shape index (κ2) is 5.80. The minimum absolute atomic E-state index is 0.0323. The maximum Gasteiger partial charge on any atom is 0.311 e. The molecular weight excluding hydrogens is 218 g/mol. The van der Waals surface area contributed by atoms with Gasteiger partial charge in [0.25, 0.3) is 0 Å². The molecule has 1 aromatic rings. The topological polar surface area (TPSA) is 83.5 Å². The van der Waals surface area contributed by atoms with Crippen LogP contribution < -0.4 is 5.73 Å². The van der Waals surface area contributed by atoms with Crippen molar-refractivity contribution in [2.24, 2.45) is 11.7 Å². The average molecular weight is 237 g/mol. The summed E-state index contributed by atoms with van der Waals surface area (Å²) < 4.78 is 0. The van der Waals surface area contributed by atoms with Crippen LogP contribution in [0.2, 0.25) is 0 Å². The summed E-state index contributed by atoms with van der Waals surface area (Å²) in [6, 6.07) is 6.67. The van der Waals surface area contributed by atoms with Crippen molar-refractivity contribution in [3.8, 4) is 0 Å². The second-order valence-corrected chi connectivity index (χ2v) is 4.52. The van der Waals surface area contributed by atoms with Gasteiger partial charge in [0.15, 0.2) is 0 Å². The molecule has 94 valence electrons. The molecule has 0 bridgehead atoms. The number of rotatable bonds is 5. The number of hydrogen-bond acceptors (Lipinski definition) is 3. The summed E-state index contributed by atoms with van der Waals surface area (Å²) in [5, 5.41) is 18.1. The molecule has 0 spiro atoms. The lowest BCUT2D eigenvalue weighted by Crippen LogP contribution is -2.18. The van der Waals surface area contributed by atoms with E-state index in [2.05, 4.69) is 0 Å². The normalized spacial score (nSPS) is 14.6. The van der Waals surface area contributed by atoms with Gasteiger partial charge in [-0.15, -0.1) is 0 Å². The molecular formula is C13H19NO3. The van der Waals surface area contributed by atoms with E-state index < -0.39 is 17.9 Å². The Morgan fingerprint density at radius 1 is 1.24 bits per heavy atom. The van der Waals surface area contributed by atoms with Gasteiger partial charge in [0.1, 0.15) is 0 Å². The van der Waals surface area contributed by atoms with Gasteiger partial charge in [-0.3, -0.25) is 4.79 Å². The van der Waals surface area contributed by atoms with E-state index in [9.17, 15) is 4.79 Å². The van der Waals surface area contributed by atoms with Crippen LogP contribution in [0.3, 0.4) is 0 Å². The number of benzene rings is 1. The zero-order valence-electron chi connectivity index (χ0n) is 10.1. The maximum atomic E-state index is 11.2. The number of carboxylic acid groups (broad SMARTS) is 1. The van der Waals surface area contributed by atoms with Crippen molar-refractivity contribution in [3.63, 3.8) is 0 Å². The highest BCUT2D eigenvalue weighted by atomic mass is 16.4. The monoisotopic (exact) mass is 237 g/mol. The van der Waals surface area contributed by atoms with Gasteiger partial charge in [-0.05, 0) is 17.0 Å². The predicted octanol–water partition coefficient (Wildman–Crippen LogP) is 1.50. The molecule has 17 heavy (non-hydrogen) atoms. The van der Waals surface area contributed by atoms with Crippen LogP contribution in [0.15, 0.2) is 24.3 Å². The summed E-state index contributed by atoms with van der Waals surface area (Å²) in [6.45, 7) is 3.64. The molecule has 0 fully saturated rings. The van der Waals surface area contributed by atoms with Crippen LogP contribution in [0.5, 0.6) is 0 Å². The van der Waals surface area contributed by atoms with E-state index in [4.69, 9.17) is 15.9 Å². The molecule has 0 amide bonds. The predicted molar refractivity (Wildman–Crippen MR) is 65.7 cm³/mol. The molecule has 0 saturated heterocycles. The molecule has 0 aliphatic carbocycles. The zero-order chi connectivity index (χ0) is 13.0. The van der Waals surface area contributed by atoms with Crippen LogP contribution in [0.4, 0.5) is 0 Å². The van der Waals surface area contributed by atoms with Crippen LogP contribution in [0.1, 0.15) is 36.9 Å². The van der Waals surface area contributed by atoms with Crippen molar-refractivity contribution in [3.05, 3.63) is 35.4 Å². The maximum absolute atomic E-state index is 11.2. The van der Waals surface area contributed by atoms with Gasteiger partial charge < -0.3 is 15.9 Å². The fourth-order valence-corrected chi connectivity index (χ4v) is 1.87. The molecule has 0 aliphatic rings. The SMILES string of the molecule is CC(C)C(C(=O)O)c1ccc([C@H](N)CO)cc1. The number of nitrogens with two attached hydrogens (primary N) is 1. The largest absolute Gasteiger partial charge is 0.481 e. The van der Waals surface area contributed by atoms with Crippen molar-refractivity contribution in [2.45, 2.75) is 25.8 Å². The van der Waals surface area contributed by atoms with Crippen LogP contribution in [-0.2, 0) is 4.79 Å². The van der Waals surface area contributed by atoms with E-state index in [1.54, 1.807) is 24.3 Å². The molecule has 4 nitrogen and oxygen atoms in total. The number of aliphatic hydroxyl groups is 1. The first-order valence-corrected chi connectivity index (χ1v) is 5.66. The molecule has 1 rings (SSSR count). The standard InChI is InChI=1S/C13H19NO3/c1-8(2)12(13(16)17)10-5-3-9(4-6-10)11(14)7-15/h3-6,8,11-12,15H,7,14H2,1-2H3,(H,16,17)/t11-,12?/m1/s1. The van der Waals surface area contributed by atoms with Gasteiger partial charge in [0.2, 0.25) is 0 Å². The summed E-state index contributed by atoms with van der Waals surface area (Å²) in [4.78, 5) is 11.2. The molecule has 2 atom stereocenters. The molecule has 0 aromatic heterocycles. The Balaban J connectivity index is 2.96. The Labute approximate surface area is 101 Å². The Bertz CT molecular complexity index is 373. The third kappa shape index (κ3) is 3.28. The number of aliphatic hydroxyl groups excluding tert-OH is 1. The smallest absolute Gasteiger partial charge is 0.311 e. The molecule has 0 heterocycles. The minimum Gasteiger partial charge on any atom is -0.481 e. The van der Waals surface area contributed by atoms with E-state index in [-0.39, 0.29) is 12.5 Å². The quantitative estimate of drug-likeness (QED) is 0.724. The van der Waals surface area contributed by atoms with E-state index in [0.29, 0.717) is 0 Å². The fourth-order valence-electron chi connectivity index (χ4n) is 1.87. The fraction of sp³-hybridized carbons (Fsp3) is 0.462. The summed E-state index contributed by atoms with van der Waals surface area (Å²) in [5.41, 5.74) is 7.25. The summed E-state index contributed by atoms with van der Waals surface area (Å²) in [7, 11) is 0. The Hall–Kier alpha value is -1.39. The van der Waals surface area contributed by atoms with Crippen molar-refractivity contribution in [2.75, 3.05) is 6.61 Å². The lowest BCUT2D eigenvalue weighted by Gasteiger charge is -2.17. The van der Waals surface area contributed by atoms with Gasteiger partial charge in [0, 0.05) is 0 Å². The van der Waals surface area contributed by atoms with Crippen molar-refractivity contribution in [1.29, 1.82) is 0 Å². The zero-order valence-corrected chi connectivity index (χ0v) is 10.1. The minimum atomic E-state index is -0.820. The van der Waals surface area contributed by atoms with Crippen LogP contribution in [0, 0.1) is 5.92 Å². The highest BCUT2D eigenvalue weighted by molar-refractivity contribution is 5.76. The molecule has 4 N–H and O–H groups in total. The van der Waals surface area contributed by atoms with Gasteiger partial charge in [-0.1, -0.05) is 38.1 Å². The molecule has 1 aromatic carbocycles. The number of hydrogen-bond donors (Lipinski definition) is 3. The first-order valence-electron chi connectivity index (χ1n) is 5.66. The molecule has 0 aliphatic heterocycles. The lowest BCUT2D eigenvalue weighted by atomic mass is 9.88. The summed E-state index contributed by atoms with van der Waals surface area (Å²) >= 11 is 0. The lowest BCUT2D eigenvalue weighted by molar-refractivity contribution is -0.139. The third-order valence-electron chi connectivity index (χ3n) is 2.85. The summed E-state index contributed by atoms with van der Waals surface area (Å²) in [5.74, 6) is -1.29. The first-order chi connectivity index (χ1) is 7.97. The first kappa shape index (κ1) is 13.7. The van der Waals surface area contributed by atoms with Crippen molar-refractivity contribution >= 4 is 5.97 Å². The van der Waals surface area contributed by atoms with E-state index in [1.807, 2.05) is 13.8 Å². The van der Waals surface area contributed by atoms with E-state index in [1.165, 1.54) is 0 Å². The highest BCUT2D eigenvalue weighted by Crippen LogP contribution is 2.25. The summed E-state index contributed by atoms with van der Waals surface area (Å²) in [6.07, 6.45) is 0. The van der Waals surface area contributed by atoms with Gasteiger partial charge in [-0.25, -0.2) is 0 Å². The van der Waals surface area contributed by atoms with Gasteiger partial charge >= 0.3 is 5.97 Å². The third-order valence-corrected chi connectivity index (χ3v) is 2.85. The molecule has 0 radical (unpaired) electrons. The van der Waals surface area contributed by atoms with Crippen LogP contribution in [-0.4, -0.2) is 22.8 Å². The number of carboxylic acids is 1. The molecule has 1 unspecified atom stereocenters. The van der Waals surface area contributed by atoms with Gasteiger partial charge in [0.05, 0.1) is 18.6 Å². The number of carbonyl (C=O) groups is 1. The second-order valence-electron chi connectivity index (χ2n) is 4.52. The Morgan fingerprint density at radius 2 is 1.71 bits per heavy atom. The Morgan fingerprint density at radius 3 is 2.06 bits per heavy atom. The van der Waals surface area contributed by atoms with Crippen molar-refractivity contribution in [1.82, 2.24) is 0 Å². The van der Waals surface area contributed by atoms with E-state index >= 15 is 0 Å². The molecule has 4 heteroatoms.